The third-order valence-electron chi connectivity index (χ3n) is 4.33. The van der Waals surface area contributed by atoms with Gasteiger partial charge in [0.1, 0.15) is 5.75 Å². The van der Waals surface area contributed by atoms with Crippen molar-refractivity contribution >= 4 is 28.3 Å². The van der Waals surface area contributed by atoms with Crippen LogP contribution in [-0.4, -0.2) is 11.9 Å². The van der Waals surface area contributed by atoms with Gasteiger partial charge in [0.25, 0.3) is 5.91 Å². The zero-order chi connectivity index (χ0) is 19.3. The molecule has 4 aromatic rings. The molecule has 4 aromatic carbocycles. The van der Waals surface area contributed by atoms with Gasteiger partial charge in [0, 0.05) is 11.3 Å². The molecule has 0 aromatic heterocycles. The molecule has 0 spiro atoms. The van der Waals surface area contributed by atoms with Crippen molar-refractivity contribution in [1.29, 1.82) is 0 Å². The maximum Gasteiger partial charge on any atom is 0.343 e. The third-order valence-corrected chi connectivity index (χ3v) is 4.33. The van der Waals surface area contributed by atoms with Crippen LogP contribution >= 0.6 is 0 Å². The van der Waals surface area contributed by atoms with Crippen LogP contribution in [0, 0.1) is 0 Å². The molecule has 0 saturated heterocycles. The highest BCUT2D eigenvalue weighted by Gasteiger charge is 2.09. The molecule has 1 amide bonds. The molecule has 0 atom stereocenters. The number of rotatable bonds is 4. The molecule has 136 valence electrons. The number of benzene rings is 4. The summed E-state index contributed by atoms with van der Waals surface area (Å²) in [6.07, 6.45) is 0. The van der Waals surface area contributed by atoms with E-state index in [4.69, 9.17) is 4.74 Å². The fourth-order valence-electron chi connectivity index (χ4n) is 2.90. The largest absolute Gasteiger partial charge is 0.423 e. The Morgan fingerprint density at radius 3 is 1.96 bits per heavy atom. The average molecular weight is 367 g/mol. The quantitative estimate of drug-likeness (QED) is 0.393. The van der Waals surface area contributed by atoms with E-state index in [1.165, 1.54) is 0 Å². The summed E-state index contributed by atoms with van der Waals surface area (Å²) in [4.78, 5) is 24.5. The number of amides is 1. The first kappa shape index (κ1) is 17.5. The van der Waals surface area contributed by atoms with Crippen LogP contribution in [0.5, 0.6) is 5.75 Å². The molecule has 4 nitrogen and oxygen atoms in total. The zero-order valence-corrected chi connectivity index (χ0v) is 15.0. The fraction of sp³-hybridized carbons (Fsp3) is 0. The maximum atomic E-state index is 12.3. The fourth-order valence-corrected chi connectivity index (χ4v) is 2.90. The molecule has 0 radical (unpaired) electrons. The Balaban J connectivity index is 1.51. The highest BCUT2D eigenvalue weighted by atomic mass is 16.5. The number of esters is 1. The molecular formula is C24H17NO3. The van der Waals surface area contributed by atoms with Crippen LogP contribution in [-0.2, 0) is 0 Å². The topological polar surface area (TPSA) is 55.4 Å². The smallest absolute Gasteiger partial charge is 0.343 e. The van der Waals surface area contributed by atoms with Gasteiger partial charge in [0.2, 0.25) is 0 Å². The molecule has 28 heavy (non-hydrogen) atoms. The lowest BCUT2D eigenvalue weighted by Crippen LogP contribution is -2.11. The number of hydrogen-bond donors (Lipinski definition) is 1. The molecular weight excluding hydrogens is 350 g/mol. The Morgan fingerprint density at radius 2 is 1.25 bits per heavy atom. The number of nitrogens with one attached hydrogen (secondary N) is 1. The van der Waals surface area contributed by atoms with Crippen LogP contribution in [0.15, 0.2) is 97.1 Å². The van der Waals surface area contributed by atoms with Crippen molar-refractivity contribution in [3.63, 3.8) is 0 Å². The molecule has 0 fully saturated rings. The average Bonchev–Trinajstić information content (AvgIpc) is 2.75. The Hall–Kier alpha value is -3.92. The van der Waals surface area contributed by atoms with Gasteiger partial charge in [0.15, 0.2) is 0 Å². The number of fused-ring (bicyclic) bond motifs is 1. The number of ether oxygens (including phenoxy) is 1. The summed E-state index contributed by atoms with van der Waals surface area (Å²) in [5.41, 5.74) is 1.81. The van der Waals surface area contributed by atoms with Crippen LogP contribution in [0.4, 0.5) is 5.69 Å². The van der Waals surface area contributed by atoms with Gasteiger partial charge in [-0.15, -0.1) is 0 Å². The van der Waals surface area contributed by atoms with Crippen LogP contribution in [0.1, 0.15) is 20.7 Å². The van der Waals surface area contributed by atoms with Crippen molar-refractivity contribution < 1.29 is 14.3 Å². The summed E-state index contributed by atoms with van der Waals surface area (Å²) in [6.45, 7) is 0. The summed E-state index contributed by atoms with van der Waals surface area (Å²) in [5.74, 6) is -0.0810. The summed E-state index contributed by atoms with van der Waals surface area (Å²) in [6, 6.07) is 28.9. The number of carbonyl (C=O) groups excluding carboxylic acids is 2. The Kier molecular flexibility index (Phi) is 4.85. The van der Waals surface area contributed by atoms with E-state index in [1.807, 2.05) is 48.5 Å². The van der Waals surface area contributed by atoms with Gasteiger partial charge in [-0.3, -0.25) is 4.79 Å². The molecule has 4 rings (SSSR count). The number of hydrogen-bond acceptors (Lipinski definition) is 3. The molecule has 0 aliphatic carbocycles. The van der Waals surface area contributed by atoms with Crippen molar-refractivity contribution in [3.8, 4) is 5.75 Å². The first-order chi connectivity index (χ1) is 13.7. The molecule has 0 bridgehead atoms. The van der Waals surface area contributed by atoms with Crippen LogP contribution < -0.4 is 10.1 Å². The van der Waals surface area contributed by atoms with Crippen LogP contribution in [0.25, 0.3) is 10.8 Å². The molecule has 0 saturated carbocycles. The molecule has 1 N–H and O–H groups in total. The minimum absolute atomic E-state index is 0.159. The van der Waals surface area contributed by atoms with E-state index >= 15 is 0 Å². The maximum absolute atomic E-state index is 12.3. The summed E-state index contributed by atoms with van der Waals surface area (Å²) >= 11 is 0. The van der Waals surface area contributed by atoms with E-state index in [1.54, 1.807) is 48.5 Å². The number of anilines is 1. The van der Waals surface area contributed by atoms with E-state index in [9.17, 15) is 9.59 Å². The predicted molar refractivity (Wildman–Crippen MR) is 110 cm³/mol. The first-order valence-corrected chi connectivity index (χ1v) is 8.86. The van der Waals surface area contributed by atoms with Crippen molar-refractivity contribution in [3.05, 3.63) is 108 Å². The normalized spacial score (nSPS) is 10.4. The highest BCUT2D eigenvalue weighted by Crippen LogP contribution is 2.25. The Bertz CT molecular complexity index is 1050. The van der Waals surface area contributed by atoms with E-state index in [2.05, 4.69) is 5.32 Å². The van der Waals surface area contributed by atoms with Gasteiger partial charge in [-0.2, -0.15) is 0 Å². The van der Waals surface area contributed by atoms with Gasteiger partial charge in [0.05, 0.1) is 5.56 Å². The van der Waals surface area contributed by atoms with E-state index in [0.29, 0.717) is 22.6 Å². The third kappa shape index (κ3) is 3.91. The molecule has 0 aliphatic rings. The van der Waals surface area contributed by atoms with Gasteiger partial charge in [-0.25, -0.2) is 4.79 Å². The lowest BCUT2D eigenvalue weighted by molar-refractivity contribution is 0.0734. The lowest BCUT2D eigenvalue weighted by atomic mass is 10.1. The monoisotopic (exact) mass is 367 g/mol. The summed E-state index contributed by atoms with van der Waals surface area (Å²) in [7, 11) is 0. The standard InChI is InChI=1S/C24H17NO3/c26-23(17-7-3-1-4-8-17)25-21-13-11-20-16-22(14-12-19(20)15-21)28-24(27)18-9-5-2-6-10-18/h1-16H,(H,25,26). The Labute approximate surface area is 162 Å². The van der Waals surface area contributed by atoms with Gasteiger partial charge in [-0.1, -0.05) is 48.5 Å². The second-order valence-electron chi connectivity index (χ2n) is 6.30. The van der Waals surface area contributed by atoms with E-state index < -0.39 is 5.97 Å². The zero-order valence-electron chi connectivity index (χ0n) is 15.0. The van der Waals surface area contributed by atoms with Crippen molar-refractivity contribution in [2.45, 2.75) is 0 Å². The SMILES string of the molecule is O=C(Nc1ccc2cc(OC(=O)c3ccccc3)ccc2c1)c1ccccc1. The molecule has 0 heterocycles. The van der Waals surface area contributed by atoms with Crippen molar-refractivity contribution in [1.82, 2.24) is 0 Å². The Morgan fingerprint density at radius 1 is 0.643 bits per heavy atom. The van der Waals surface area contributed by atoms with Crippen molar-refractivity contribution in [2.24, 2.45) is 0 Å². The van der Waals surface area contributed by atoms with Gasteiger partial charge in [-0.05, 0) is 59.3 Å². The second-order valence-corrected chi connectivity index (χ2v) is 6.30. The lowest BCUT2D eigenvalue weighted by Gasteiger charge is -2.08. The number of carbonyl (C=O) groups is 2. The minimum atomic E-state index is -0.397. The first-order valence-electron chi connectivity index (χ1n) is 8.86. The summed E-state index contributed by atoms with van der Waals surface area (Å²) < 4.78 is 5.45. The highest BCUT2D eigenvalue weighted by molar-refractivity contribution is 6.05. The van der Waals surface area contributed by atoms with Crippen LogP contribution in [0.3, 0.4) is 0 Å². The van der Waals surface area contributed by atoms with Crippen molar-refractivity contribution in [2.75, 3.05) is 5.32 Å². The minimum Gasteiger partial charge on any atom is -0.423 e. The van der Waals surface area contributed by atoms with Gasteiger partial charge >= 0.3 is 5.97 Å². The molecule has 4 heteroatoms. The van der Waals surface area contributed by atoms with Gasteiger partial charge < -0.3 is 10.1 Å². The molecule has 0 aliphatic heterocycles. The second kappa shape index (κ2) is 7.76. The summed E-state index contributed by atoms with van der Waals surface area (Å²) in [5, 5.41) is 4.74. The van der Waals surface area contributed by atoms with Crippen LogP contribution in [0.2, 0.25) is 0 Å². The van der Waals surface area contributed by atoms with E-state index in [0.717, 1.165) is 10.8 Å². The predicted octanol–water partition coefficient (Wildman–Crippen LogP) is 5.31. The molecule has 0 unspecified atom stereocenters. The van der Waals surface area contributed by atoms with E-state index in [-0.39, 0.29) is 5.91 Å².